The van der Waals surface area contributed by atoms with Crippen molar-refractivity contribution in [2.45, 2.75) is 4.90 Å². The highest BCUT2D eigenvalue weighted by Crippen LogP contribution is 2.19. The summed E-state index contributed by atoms with van der Waals surface area (Å²) in [6.07, 6.45) is 0. The average Bonchev–Trinajstić information content (AvgIpc) is 2.53. The van der Waals surface area contributed by atoms with Crippen LogP contribution in [0.1, 0.15) is 10.4 Å². The molecule has 0 atom stereocenters. The zero-order chi connectivity index (χ0) is 19.5. The highest BCUT2D eigenvalue weighted by molar-refractivity contribution is 7.90. The molecule has 140 valence electrons. The quantitative estimate of drug-likeness (QED) is 0.661. The molecule has 2 aromatic rings. The maximum Gasteiger partial charge on any atom is 0.296 e. The molecular formula is C15H18N4O5S2. The van der Waals surface area contributed by atoms with Crippen LogP contribution in [0.4, 0.5) is 11.4 Å². The number of carbonyl (C=O) groups excluding carboxylic acids is 1. The standard InChI is InChI=1S/C15H18N4O5S2/c1-19(2)25(21,22)14-8-3-5-11(9-14)15(20)17-12-6-4-7-13(10-12)18-26(16,23)24/h3-10,18H,1-2H3,(H,17,20)(H2,16,23,24). The Labute approximate surface area is 152 Å². The van der Waals surface area contributed by atoms with Crippen molar-refractivity contribution < 1.29 is 21.6 Å². The molecule has 2 aromatic carbocycles. The van der Waals surface area contributed by atoms with E-state index in [4.69, 9.17) is 5.14 Å². The molecule has 0 aliphatic carbocycles. The summed E-state index contributed by atoms with van der Waals surface area (Å²) in [7, 11) is -4.82. The number of sulfonamides is 1. The van der Waals surface area contributed by atoms with E-state index >= 15 is 0 Å². The minimum Gasteiger partial charge on any atom is -0.322 e. The number of hydrogen-bond acceptors (Lipinski definition) is 5. The Balaban J connectivity index is 2.25. The van der Waals surface area contributed by atoms with E-state index in [2.05, 4.69) is 10.0 Å². The Morgan fingerprint density at radius 1 is 0.962 bits per heavy atom. The molecule has 0 spiro atoms. The lowest BCUT2D eigenvalue weighted by Crippen LogP contribution is -2.23. The fourth-order valence-electron chi connectivity index (χ4n) is 2.04. The molecule has 0 saturated carbocycles. The second kappa shape index (κ2) is 7.41. The SMILES string of the molecule is CN(C)S(=O)(=O)c1cccc(C(=O)Nc2cccc(NS(N)(=O)=O)c2)c1. The van der Waals surface area contributed by atoms with Crippen LogP contribution in [0.2, 0.25) is 0 Å². The van der Waals surface area contributed by atoms with Crippen molar-refractivity contribution in [3.8, 4) is 0 Å². The van der Waals surface area contributed by atoms with Crippen molar-refractivity contribution in [3.05, 3.63) is 54.1 Å². The highest BCUT2D eigenvalue weighted by Gasteiger charge is 2.18. The number of hydrogen-bond donors (Lipinski definition) is 3. The normalized spacial score (nSPS) is 12.0. The molecular weight excluding hydrogens is 380 g/mol. The van der Waals surface area contributed by atoms with E-state index in [9.17, 15) is 21.6 Å². The molecule has 0 fully saturated rings. The van der Waals surface area contributed by atoms with E-state index < -0.39 is 26.1 Å². The number of rotatable bonds is 6. The van der Waals surface area contributed by atoms with Crippen LogP contribution < -0.4 is 15.2 Å². The van der Waals surface area contributed by atoms with Gasteiger partial charge in [0.2, 0.25) is 10.0 Å². The van der Waals surface area contributed by atoms with Crippen LogP contribution in [0.5, 0.6) is 0 Å². The Bertz CT molecular complexity index is 1030. The second-order valence-corrected chi connectivity index (χ2v) is 8.94. The number of nitrogens with one attached hydrogen (secondary N) is 2. The molecule has 26 heavy (non-hydrogen) atoms. The summed E-state index contributed by atoms with van der Waals surface area (Å²) in [5, 5.41) is 7.47. The monoisotopic (exact) mass is 398 g/mol. The first kappa shape index (κ1) is 19.8. The smallest absolute Gasteiger partial charge is 0.296 e. The van der Waals surface area contributed by atoms with E-state index in [1.54, 1.807) is 6.07 Å². The van der Waals surface area contributed by atoms with Crippen molar-refractivity contribution in [1.29, 1.82) is 0 Å². The molecule has 1 amide bonds. The topological polar surface area (TPSA) is 139 Å². The van der Waals surface area contributed by atoms with E-state index in [0.29, 0.717) is 5.69 Å². The van der Waals surface area contributed by atoms with Crippen LogP contribution in [0.3, 0.4) is 0 Å². The van der Waals surface area contributed by atoms with Gasteiger partial charge in [0.15, 0.2) is 0 Å². The molecule has 2 rings (SSSR count). The maximum atomic E-state index is 12.4. The van der Waals surface area contributed by atoms with Gasteiger partial charge in [-0.25, -0.2) is 17.9 Å². The van der Waals surface area contributed by atoms with Gasteiger partial charge in [0, 0.05) is 25.3 Å². The van der Waals surface area contributed by atoms with Gasteiger partial charge in [-0.2, -0.15) is 8.42 Å². The molecule has 0 bridgehead atoms. The molecule has 0 radical (unpaired) electrons. The lowest BCUT2D eigenvalue weighted by Gasteiger charge is -2.12. The minimum atomic E-state index is -3.94. The highest BCUT2D eigenvalue weighted by atomic mass is 32.2. The number of nitrogens with two attached hydrogens (primary N) is 1. The van der Waals surface area contributed by atoms with Gasteiger partial charge >= 0.3 is 0 Å². The number of carbonyl (C=O) groups is 1. The van der Waals surface area contributed by atoms with Gasteiger partial charge in [0.1, 0.15) is 0 Å². The fraction of sp³-hybridized carbons (Fsp3) is 0.133. The van der Waals surface area contributed by atoms with Crippen molar-refractivity contribution in [3.63, 3.8) is 0 Å². The molecule has 4 N–H and O–H groups in total. The zero-order valence-electron chi connectivity index (χ0n) is 14.0. The van der Waals surface area contributed by atoms with Crippen molar-refractivity contribution in [2.24, 2.45) is 5.14 Å². The summed E-state index contributed by atoms with van der Waals surface area (Å²) in [6, 6.07) is 11.5. The van der Waals surface area contributed by atoms with Crippen LogP contribution >= 0.6 is 0 Å². The summed E-state index contributed by atoms with van der Waals surface area (Å²) in [4.78, 5) is 12.4. The Morgan fingerprint density at radius 3 is 2.19 bits per heavy atom. The number of amides is 1. The molecule has 0 unspecified atom stereocenters. The Kier molecular flexibility index (Phi) is 5.66. The second-order valence-electron chi connectivity index (χ2n) is 5.50. The van der Waals surface area contributed by atoms with Crippen LogP contribution in [0.25, 0.3) is 0 Å². The minimum absolute atomic E-state index is 0.0141. The predicted molar refractivity (Wildman–Crippen MR) is 98.4 cm³/mol. The van der Waals surface area contributed by atoms with E-state index in [-0.39, 0.29) is 16.1 Å². The molecule has 0 aliphatic rings. The van der Waals surface area contributed by atoms with Crippen LogP contribution in [0.15, 0.2) is 53.4 Å². The van der Waals surface area contributed by atoms with Crippen molar-refractivity contribution >= 4 is 37.5 Å². The van der Waals surface area contributed by atoms with Gasteiger partial charge < -0.3 is 5.32 Å². The third-order valence-corrected chi connectivity index (χ3v) is 5.59. The van der Waals surface area contributed by atoms with E-state index in [1.165, 1.54) is 56.6 Å². The first-order valence-electron chi connectivity index (χ1n) is 7.23. The summed E-state index contributed by atoms with van der Waals surface area (Å²) >= 11 is 0. The number of nitrogens with zero attached hydrogens (tertiary/aromatic N) is 1. The summed E-state index contributed by atoms with van der Waals surface area (Å²) in [6.45, 7) is 0. The predicted octanol–water partition coefficient (Wildman–Crippen LogP) is 0.805. The zero-order valence-corrected chi connectivity index (χ0v) is 15.6. The number of anilines is 2. The lowest BCUT2D eigenvalue weighted by atomic mass is 10.2. The summed E-state index contributed by atoms with van der Waals surface area (Å²) in [5.41, 5.74) is 0.622. The number of benzene rings is 2. The van der Waals surface area contributed by atoms with E-state index in [1.807, 2.05) is 0 Å². The summed E-state index contributed by atoms with van der Waals surface area (Å²) in [5.74, 6) is -0.548. The first-order chi connectivity index (χ1) is 12.0. The molecule has 9 nitrogen and oxygen atoms in total. The Morgan fingerprint density at radius 2 is 1.58 bits per heavy atom. The average molecular weight is 398 g/mol. The largest absolute Gasteiger partial charge is 0.322 e. The third kappa shape index (κ3) is 5.02. The van der Waals surface area contributed by atoms with Crippen molar-refractivity contribution in [1.82, 2.24) is 4.31 Å². The van der Waals surface area contributed by atoms with Gasteiger partial charge in [-0.05, 0) is 36.4 Å². The van der Waals surface area contributed by atoms with Gasteiger partial charge in [0.25, 0.3) is 16.1 Å². The van der Waals surface area contributed by atoms with Crippen LogP contribution in [0, 0.1) is 0 Å². The molecule has 0 aromatic heterocycles. The van der Waals surface area contributed by atoms with Gasteiger partial charge in [-0.3, -0.25) is 9.52 Å². The fourth-order valence-corrected chi connectivity index (χ4v) is 3.44. The van der Waals surface area contributed by atoms with Gasteiger partial charge in [0.05, 0.1) is 10.6 Å². The maximum absolute atomic E-state index is 12.4. The third-order valence-electron chi connectivity index (χ3n) is 3.26. The Hall–Kier alpha value is -2.47. The van der Waals surface area contributed by atoms with Crippen LogP contribution in [-0.4, -0.2) is 41.1 Å². The first-order valence-corrected chi connectivity index (χ1v) is 10.2. The molecule has 0 saturated heterocycles. The molecule has 0 heterocycles. The molecule has 11 heteroatoms. The van der Waals surface area contributed by atoms with Crippen LogP contribution in [-0.2, 0) is 20.2 Å². The van der Waals surface area contributed by atoms with Crippen molar-refractivity contribution in [2.75, 3.05) is 24.1 Å². The molecule has 0 aliphatic heterocycles. The van der Waals surface area contributed by atoms with E-state index in [0.717, 1.165) is 4.31 Å². The lowest BCUT2D eigenvalue weighted by molar-refractivity contribution is 0.102. The summed E-state index contributed by atoms with van der Waals surface area (Å²) < 4.78 is 49.6. The van der Waals surface area contributed by atoms with Gasteiger partial charge in [-0.15, -0.1) is 0 Å². The van der Waals surface area contributed by atoms with Gasteiger partial charge in [-0.1, -0.05) is 12.1 Å².